The highest BCUT2D eigenvalue weighted by atomic mass is 16.3. The molecule has 4 aliphatic carbocycles. The molecule has 0 saturated carbocycles. The van der Waals surface area contributed by atoms with Crippen LogP contribution in [0.2, 0.25) is 0 Å². The molecule has 0 fully saturated rings. The summed E-state index contributed by atoms with van der Waals surface area (Å²) in [6.07, 6.45) is 27.1. The number of rotatable bonds is 5. The molecule has 2 aromatic heterocycles. The van der Waals surface area contributed by atoms with Gasteiger partial charge in [-0.2, -0.15) is 0 Å². The summed E-state index contributed by atoms with van der Waals surface area (Å²) in [7, 11) is 0. The normalized spacial score (nSPS) is 21.2. The van der Waals surface area contributed by atoms with Crippen molar-refractivity contribution in [3.05, 3.63) is 174 Å². The SMILES string of the molecule is C1=CCC(c2nc(C3=CCCC(c4ccc5c6c(oc5c4)C4C=CC=CC4C(c4ccccc4)=C6)C=C3)nc(-c3ccccc3)n2)=C1. The van der Waals surface area contributed by atoms with Gasteiger partial charge in [0.1, 0.15) is 11.3 Å². The van der Waals surface area contributed by atoms with Gasteiger partial charge in [0.15, 0.2) is 17.5 Å². The van der Waals surface area contributed by atoms with Gasteiger partial charge < -0.3 is 4.42 Å². The fourth-order valence-corrected chi connectivity index (χ4v) is 7.32. The second-order valence-electron chi connectivity index (χ2n) is 12.6. The van der Waals surface area contributed by atoms with Crippen molar-refractivity contribution in [1.82, 2.24) is 15.0 Å². The minimum atomic E-state index is 0.192. The van der Waals surface area contributed by atoms with Crippen LogP contribution in [0.3, 0.4) is 0 Å². The molecule has 0 saturated heterocycles. The molecule has 4 aliphatic rings. The summed E-state index contributed by atoms with van der Waals surface area (Å²) in [5.74, 6) is 3.95. The van der Waals surface area contributed by atoms with E-state index in [0.717, 1.165) is 59.0 Å². The van der Waals surface area contributed by atoms with Gasteiger partial charge in [0, 0.05) is 45.4 Å². The molecule has 226 valence electrons. The Morgan fingerprint density at radius 1 is 0.702 bits per heavy atom. The molecule has 3 unspecified atom stereocenters. The third kappa shape index (κ3) is 5.07. The Kier molecular flexibility index (Phi) is 6.85. The Balaban J connectivity index is 1.05. The molecule has 9 rings (SSSR count). The van der Waals surface area contributed by atoms with E-state index in [1.54, 1.807) is 0 Å². The highest BCUT2D eigenvalue weighted by molar-refractivity contribution is 5.98. The lowest BCUT2D eigenvalue weighted by Gasteiger charge is -2.29. The molecule has 0 bridgehead atoms. The molecule has 0 radical (unpaired) electrons. The van der Waals surface area contributed by atoms with E-state index in [0.29, 0.717) is 5.82 Å². The molecular formula is C43H33N3O. The van der Waals surface area contributed by atoms with Crippen molar-refractivity contribution in [3.63, 3.8) is 0 Å². The van der Waals surface area contributed by atoms with Crippen LogP contribution >= 0.6 is 0 Å². The lowest BCUT2D eigenvalue weighted by atomic mass is 9.73. The molecule has 47 heavy (non-hydrogen) atoms. The topological polar surface area (TPSA) is 51.8 Å². The molecule has 3 aromatic carbocycles. The van der Waals surface area contributed by atoms with Gasteiger partial charge in [-0.3, -0.25) is 0 Å². The zero-order valence-electron chi connectivity index (χ0n) is 26.0. The zero-order valence-corrected chi connectivity index (χ0v) is 26.0. The van der Waals surface area contributed by atoms with Gasteiger partial charge in [0.25, 0.3) is 0 Å². The summed E-state index contributed by atoms with van der Waals surface area (Å²) in [5, 5.41) is 1.18. The second-order valence-corrected chi connectivity index (χ2v) is 12.6. The molecular weight excluding hydrogens is 574 g/mol. The third-order valence-corrected chi connectivity index (χ3v) is 9.75. The van der Waals surface area contributed by atoms with Crippen LogP contribution in [0, 0.1) is 5.92 Å². The summed E-state index contributed by atoms with van der Waals surface area (Å²) in [5.41, 5.74) is 9.19. The number of furan rings is 1. The van der Waals surface area contributed by atoms with Gasteiger partial charge in [-0.05, 0) is 48.1 Å². The molecule has 3 atom stereocenters. The van der Waals surface area contributed by atoms with Crippen molar-refractivity contribution >= 4 is 33.8 Å². The van der Waals surface area contributed by atoms with Crippen LogP contribution in [0.15, 0.2) is 144 Å². The van der Waals surface area contributed by atoms with E-state index in [1.165, 1.54) is 27.6 Å². The van der Waals surface area contributed by atoms with Crippen LogP contribution in [-0.4, -0.2) is 15.0 Å². The van der Waals surface area contributed by atoms with Crippen LogP contribution in [0.25, 0.3) is 45.2 Å². The zero-order chi connectivity index (χ0) is 31.2. The van der Waals surface area contributed by atoms with E-state index in [1.807, 2.05) is 18.2 Å². The van der Waals surface area contributed by atoms with Gasteiger partial charge in [0.2, 0.25) is 0 Å². The molecule has 5 aromatic rings. The quantitative estimate of drug-likeness (QED) is 0.199. The Labute approximate surface area is 274 Å². The number of aromatic nitrogens is 3. The summed E-state index contributed by atoms with van der Waals surface area (Å²) in [6, 6.07) is 27.7. The predicted octanol–water partition coefficient (Wildman–Crippen LogP) is 10.5. The molecule has 0 aliphatic heterocycles. The predicted molar refractivity (Wildman–Crippen MR) is 191 cm³/mol. The van der Waals surface area contributed by atoms with E-state index in [4.69, 9.17) is 19.4 Å². The molecule has 4 nitrogen and oxygen atoms in total. The maximum atomic E-state index is 6.71. The Morgan fingerprint density at radius 2 is 1.47 bits per heavy atom. The van der Waals surface area contributed by atoms with Crippen LogP contribution in [0.4, 0.5) is 0 Å². The van der Waals surface area contributed by atoms with Gasteiger partial charge in [-0.25, -0.2) is 15.0 Å². The standard InChI is InChI=1S/C43H33N3O/c1-3-12-29(13-4-1)37-27-38-35-25-24-33(26-39(35)47-40(38)36-21-10-9-20-34(36)37)28-18-11-19-32(23-22-28)43-45-41(30-14-5-2-6-15-30)44-42(46-43)31-16-7-8-17-31/h1-10,12-16,19-28,34,36H,11,17-18H2. The van der Waals surface area contributed by atoms with Crippen molar-refractivity contribution in [3.8, 4) is 11.4 Å². The Morgan fingerprint density at radius 3 is 2.28 bits per heavy atom. The molecule has 0 N–H and O–H groups in total. The summed E-state index contributed by atoms with van der Waals surface area (Å²) in [6.45, 7) is 0. The fraction of sp³-hybridized carbons (Fsp3) is 0.140. The second kappa shape index (κ2) is 11.6. The summed E-state index contributed by atoms with van der Waals surface area (Å²) in [4.78, 5) is 14.8. The van der Waals surface area contributed by atoms with E-state index in [9.17, 15) is 0 Å². The van der Waals surface area contributed by atoms with E-state index in [2.05, 4.69) is 127 Å². The fourth-order valence-electron chi connectivity index (χ4n) is 7.32. The highest BCUT2D eigenvalue weighted by Crippen LogP contribution is 2.49. The maximum absolute atomic E-state index is 6.71. The van der Waals surface area contributed by atoms with Gasteiger partial charge in [0.05, 0.1) is 0 Å². The molecule has 2 heterocycles. The van der Waals surface area contributed by atoms with E-state index >= 15 is 0 Å². The first kappa shape index (κ1) is 27.7. The summed E-state index contributed by atoms with van der Waals surface area (Å²) >= 11 is 0. The smallest absolute Gasteiger partial charge is 0.164 e. The first-order chi connectivity index (χ1) is 23.3. The molecule has 0 amide bonds. The Hall–Kier alpha value is -5.61. The van der Waals surface area contributed by atoms with Crippen molar-refractivity contribution in [2.24, 2.45) is 5.92 Å². The van der Waals surface area contributed by atoms with Crippen LogP contribution in [0.1, 0.15) is 65.2 Å². The number of allylic oxidation sites excluding steroid dienone is 13. The minimum Gasteiger partial charge on any atom is -0.460 e. The van der Waals surface area contributed by atoms with Crippen LogP contribution in [0.5, 0.6) is 0 Å². The lowest BCUT2D eigenvalue weighted by Crippen LogP contribution is -2.16. The number of hydrogen-bond acceptors (Lipinski definition) is 4. The Bertz CT molecular complexity index is 2230. The average molecular weight is 608 g/mol. The largest absolute Gasteiger partial charge is 0.460 e. The third-order valence-electron chi connectivity index (χ3n) is 9.75. The van der Waals surface area contributed by atoms with Crippen molar-refractivity contribution < 1.29 is 4.42 Å². The minimum absolute atomic E-state index is 0.192. The van der Waals surface area contributed by atoms with Gasteiger partial charge in [-0.15, -0.1) is 0 Å². The van der Waals surface area contributed by atoms with Gasteiger partial charge >= 0.3 is 0 Å². The van der Waals surface area contributed by atoms with Crippen LogP contribution in [-0.2, 0) is 0 Å². The van der Waals surface area contributed by atoms with E-state index < -0.39 is 0 Å². The number of hydrogen-bond donors (Lipinski definition) is 0. The lowest BCUT2D eigenvalue weighted by molar-refractivity contribution is 0.496. The highest BCUT2D eigenvalue weighted by Gasteiger charge is 2.34. The first-order valence-corrected chi connectivity index (χ1v) is 16.5. The monoisotopic (exact) mass is 607 g/mol. The van der Waals surface area contributed by atoms with Crippen LogP contribution < -0.4 is 0 Å². The number of fused-ring (bicyclic) bond motifs is 5. The van der Waals surface area contributed by atoms with E-state index in [-0.39, 0.29) is 17.8 Å². The van der Waals surface area contributed by atoms with Crippen molar-refractivity contribution in [1.29, 1.82) is 0 Å². The first-order valence-electron chi connectivity index (χ1n) is 16.5. The average Bonchev–Trinajstić information content (AvgIpc) is 3.74. The molecule has 0 spiro atoms. The summed E-state index contributed by atoms with van der Waals surface area (Å²) < 4.78 is 6.71. The van der Waals surface area contributed by atoms with Crippen molar-refractivity contribution in [2.75, 3.05) is 0 Å². The number of nitrogens with zero attached hydrogens (tertiary/aromatic N) is 3. The van der Waals surface area contributed by atoms with Gasteiger partial charge in [-0.1, -0.05) is 134 Å². The van der Waals surface area contributed by atoms with Crippen molar-refractivity contribution in [2.45, 2.75) is 31.1 Å². The molecule has 4 heteroatoms. The number of benzene rings is 3. The maximum Gasteiger partial charge on any atom is 0.164 e.